The number of esters is 1. The molecule has 0 aromatic heterocycles. The first-order valence-electron chi connectivity index (χ1n) is 6.32. The molecule has 1 fully saturated rings. The van der Waals surface area contributed by atoms with Crippen LogP contribution in [0.15, 0.2) is 11.6 Å². The van der Waals surface area contributed by atoms with Gasteiger partial charge in [0.1, 0.15) is 6.61 Å². The SMILES string of the molecule is CC(=O)OCCNC(=O)C1=CC2CCCCC12. The van der Waals surface area contributed by atoms with E-state index in [2.05, 4.69) is 11.4 Å². The number of hydrogen-bond acceptors (Lipinski definition) is 3. The van der Waals surface area contributed by atoms with E-state index in [1.807, 2.05) is 0 Å². The van der Waals surface area contributed by atoms with Gasteiger partial charge in [-0.05, 0) is 24.7 Å². The molecule has 0 bridgehead atoms. The summed E-state index contributed by atoms with van der Waals surface area (Å²) in [5, 5.41) is 2.79. The Morgan fingerprint density at radius 3 is 2.88 bits per heavy atom. The van der Waals surface area contributed by atoms with Gasteiger partial charge < -0.3 is 10.1 Å². The monoisotopic (exact) mass is 237 g/mol. The van der Waals surface area contributed by atoms with Gasteiger partial charge in [0.25, 0.3) is 0 Å². The Bertz CT molecular complexity index is 349. The maximum Gasteiger partial charge on any atom is 0.302 e. The molecule has 2 rings (SSSR count). The minimum Gasteiger partial charge on any atom is -0.464 e. The van der Waals surface area contributed by atoms with E-state index in [9.17, 15) is 9.59 Å². The second-order valence-corrected chi connectivity index (χ2v) is 4.77. The average molecular weight is 237 g/mol. The van der Waals surface area contributed by atoms with Gasteiger partial charge in [0.2, 0.25) is 5.91 Å². The summed E-state index contributed by atoms with van der Waals surface area (Å²) in [7, 11) is 0. The van der Waals surface area contributed by atoms with E-state index in [1.165, 1.54) is 26.2 Å². The number of ether oxygens (including phenoxy) is 1. The maximum absolute atomic E-state index is 11.8. The van der Waals surface area contributed by atoms with E-state index < -0.39 is 0 Å². The highest BCUT2D eigenvalue weighted by Gasteiger charge is 2.37. The van der Waals surface area contributed by atoms with Crippen molar-refractivity contribution < 1.29 is 14.3 Å². The van der Waals surface area contributed by atoms with Crippen molar-refractivity contribution in [3.63, 3.8) is 0 Å². The van der Waals surface area contributed by atoms with Gasteiger partial charge >= 0.3 is 5.97 Å². The summed E-state index contributed by atoms with van der Waals surface area (Å²) in [6.45, 7) is 2.01. The fourth-order valence-electron chi connectivity index (χ4n) is 2.69. The highest BCUT2D eigenvalue weighted by Crippen LogP contribution is 2.43. The molecule has 4 nitrogen and oxygen atoms in total. The van der Waals surface area contributed by atoms with Gasteiger partial charge in [-0.1, -0.05) is 18.9 Å². The van der Waals surface area contributed by atoms with Crippen LogP contribution in [0.25, 0.3) is 0 Å². The van der Waals surface area contributed by atoms with E-state index in [0.717, 1.165) is 12.0 Å². The Morgan fingerprint density at radius 2 is 2.18 bits per heavy atom. The molecule has 0 saturated heterocycles. The largest absolute Gasteiger partial charge is 0.464 e. The number of carbonyl (C=O) groups excluding carboxylic acids is 2. The second-order valence-electron chi connectivity index (χ2n) is 4.77. The van der Waals surface area contributed by atoms with Gasteiger partial charge in [-0.3, -0.25) is 9.59 Å². The standard InChI is InChI=1S/C13H19NO3/c1-9(15)17-7-6-14-13(16)12-8-10-4-2-3-5-11(10)12/h8,10-11H,2-7H2,1H3,(H,14,16). The average Bonchev–Trinajstić information content (AvgIpc) is 2.26. The van der Waals surface area contributed by atoms with Crippen LogP contribution in [-0.2, 0) is 14.3 Å². The lowest BCUT2D eigenvalue weighted by Crippen LogP contribution is -2.39. The van der Waals surface area contributed by atoms with Crippen LogP contribution in [0, 0.1) is 11.8 Å². The molecule has 1 saturated carbocycles. The first-order valence-corrected chi connectivity index (χ1v) is 6.32. The molecule has 2 aliphatic carbocycles. The third-order valence-corrected chi connectivity index (χ3v) is 3.57. The summed E-state index contributed by atoms with van der Waals surface area (Å²) in [5.74, 6) is 0.824. The molecule has 1 N–H and O–H groups in total. The third-order valence-electron chi connectivity index (χ3n) is 3.57. The van der Waals surface area contributed by atoms with E-state index in [0.29, 0.717) is 18.4 Å². The number of amides is 1. The van der Waals surface area contributed by atoms with Crippen LogP contribution >= 0.6 is 0 Å². The molecule has 0 aromatic rings. The lowest BCUT2D eigenvalue weighted by atomic mass is 9.66. The number of nitrogens with one attached hydrogen (secondary N) is 1. The number of rotatable bonds is 4. The molecule has 4 heteroatoms. The minimum atomic E-state index is -0.311. The van der Waals surface area contributed by atoms with E-state index in [4.69, 9.17) is 4.74 Å². The molecule has 17 heavy (non-hydrogen) atoms. The van der Waals surface area contributed by atoms with Gasteiger partial charge in [-0.25, -0.2) is 0 Å². The number of fused-ring (bicyclic) bond motifs is 1. The quantitative estimate of drug-likeness (QED) is 0.594. The summed E-state index contributed by atoms with van der Waals surface area (Å²) in [4.78, 5) is 22.3. The predicted octanol–water partition coefficient (Wildman–Crippen LogP) is 1.41. The van der Waals surface area contributed by atoms with Gasteiger partial charge in [-0.15, -0.1) is 0 Å². The van der Waals surface area contributed by atoms with Crippen LogP contribution in [0.1, 0.15) is 32.6 Å². The van der Waals surface area contributed by atoms with Crippen molar-refractivity contribution >= 4 is 11.9 Å². The van der Waals surface area contributed by atoms with Crippen molar-refractivity contribution in [1.29, 1.82) is 0 Å². The van der Waals surface area contributed by atoms with Crippen LogP contribution in [0.5, 0.6) is 0 Å². The Labute approximate surface area is 101 Å². The molecule has 0 heterocycles. The smallest absolute Gasteiger partial charge is 0.302 e. The number of hydrogen-bond donors (Lipinski definition) is 1. The molecule has 1 amide bonds. The lowest BCUT2D eigenvalue weighted by molar-refractivity contribution is -0.141. The second kappa shape index (κ2) is 5.34. The van der Waals surface area contributed by atoms with E-state index in [-0.39, 0.29) is 18.5 Å². The fraction of sp³-hybridized carbons (Fsp3) is 0.692. The topological polar surface area (TPSA) is 55.4 Å². The summed E-state index contributed by atoms with van der Waals surface area (Å²) < 4.78 is 4.76. The molecule has 0 radical (unpaired) electrons. The Balaban J connectivity index is 1.72. The van der Waals surface area contributed by atoms with Crippen LogP contribution < -0.4 is 5.32 Å². The van der Waals surface area contributed by atoms with Crippen LogP contribution in [0.2, 0.25) is 0 Å². The predicted molar refractivity (Wildman–Crippen MR) is 63.2 cm³/mol. The number of allylic oxidation sites excluding steroid dienone is 1. The van der Waals surface area contributed by atoms with Crippen molar-refractivity contribution in [1.82, 2.24) is 5.32 Å². The Hall–Kier alpha value is -1.32. The zero-order chi connectivity index (χ0) is 12.3. The molecular weight excluding hydrogens is 218 g/mol. The van der Waals surface area contributed by atoms with Crippen molar-refractivity contribution in [2.24, 2.45) is 11.8 Å². The van der Waals surface area contributed by atoms with Gasteiger partial charge in [0.15, 0.2) is 0 Å². The van der Waals surface area contributed by atoms with Gasteiger partial charge in [-0.2, -0.15) is 0 Å². The van der Waals surface area contributed by atoms with Crippen LogP contribution in [0.4, 0.5) is 0 Å². The molecule has 0 aromatic carbocycles. The van der Waals surface area contributed by atoms with Crippen molar-refractivity contribution in [3.8, 4) is 0 Å². The molecule has 2 aliphatic rings. The molecule has 2 atom stereocenters. The number of carbonyl (C=O) groups is 2. The molecule has 2 unspecified atom stereocenters. The Morgan fingerprint density at radius 1 is 1.41 bits per heavy atom. The van der Waals surface area contributed by atoms with E-state index in [1.54, 1.807) is 0 Å². The van der Waals surface area contributed by atoms with Crippen molar-refractivity contribution in [3.05, 3.63) is 11.6 Å². The highest BCUT2D eigenvalue weighted by atomic mass is 16.5. The summed E-state index contributed by atoms with van der Waals surface area (Å²) in [6.07, 6.45) is 7.01. The van der Waals surface area contributed by atoms with Crippen molar-refractivity contribution in [2.75, 3.05) is 13.2 Å². The zero-order valence-electron chi connectivity index (χ0n) is 10.2. The Kier molecular flexibility index (Phi) is 3.82. The third kappa shape index (κ3) is 2.87. The minimum absolute atomic E-state index is 0.0142. The molecule has 94 valence electrons. The fourth-order valence-corrected chi connectivity index (χ4v) is 2.69. The van der Waals surface area contributed by atoms with Crippen LogP contribution in [-0.4, -0.2) is 25.0 Å². The van der Waals surface area contributed by atoms with Gasteiger partial charge in [0, 0.05) is 12.5 Å². The van der Waals surface area contributed by atoms with Crippen molar-refractivity contribution in [2.45, 2.75) is 32.6 Å². The summed E-state index contributed by atoms with van der Waals surface area (Å²) in [6, 6.07) is 0. The normalized spacial score (nSPS) is 26.3. The first-order chi connectivity index (χ1) is 8.18. The molecular formula is C13H19NO3. The zero-order valence-corrected chi connectivity index (χ0v) is 10.2. The molecule has 0 aliphatic heterocycles. The van der Waals surface area contributed by atoms with Crippen LogP contribution in [0.3, 0.4) is 0 Å². The first kappa shape index (κ1) is 12.1. The van der Waals surface area contributed by atoms with E-state index >= 15 is 0 Å². The van der Waals surface area contributed by atoms with Gasteiger partial charge in [0.05, 0.1) is 6.54 Å². The lowest BCUT2D eigenvalue weighted by Gasteiger charge is -2.38. The summed E-state index contributed by atoms with van der Waals surface area (Å²) in [5.41, 5.74) is 0.942. The summed E-state index contributed by atoms with van der Waals surface area (Å²) >= 11 is 0. The molecule has 0 spiro atoms. The maximum atomic E-state index is 11.8. The highest BCUT2D eigenvalue weighted by molar-refractivity contribution is 5.95.